The highest BCUT2D eigenvalue weighted by molar-refractivity contribution is 5.71. The molecule has 0 aliphatic carbocycles. The summed E-state index contributed by atoms with van der Waals surface area (Å²) in [5, 5.41) is 19.4. The zero-order chi connectivity index (χ0) is 18.4. The molecule has 1 aromatic heterocycles. The van der Waals surface area contributed by atoms with E-state index in [2.05, 4.69) is 0 Å². The van der Waals surface area contributed by atoms with Crippen molar-refractivity contribution in [3.05, 3.63) is 57.6 Å². The van der Waals surface area contributed by atoms with Gasteiger partial charge in [-0.1, -0.05) is 12.1 Å². The number of ether oxygens (including phenoxy) is 2. The van der Waals surface area contributed by atoms with Crippen molar-refractivity contribution in [3.63, 3.8) is 0 Å². The first-order valence-electron chi connectivity index (χ1n) is 7.76. The van der Waals surface area contributed by atoms with Crippen molar-refractivity contribution in [3.8, 4) is 11.5 Å². The van der Waals surface area contributed by atoms with Crippen LogP contribution in [0.25, 0.3) is 0 Å². The molecule has 2 aromatic rings. The first-order valence-corrected chi connectivity index (χ1v) is 7.76. The number of aromatic hydroxyl groups is 1. The largest absolute Gasteiger partial charge is 0.502 e. The Labute approximate surface area is 144 Å². The van der Waals surface area contributed by atoms with E-state index in [1.165, 1.54) is 7.11 Å². The van der Waals surface area contributed by atoms with Crippen molar-refractivity contribution in [1.82, 2.24) is 0 Å². The van der Waals surface area contributed by atoms with Crippen LogP contribution in [-0.4, -0.2) is 29.9 Å². The molecular formula is C18H20O7. The molecular weight excluding hydrogens is 328 g/mol. The van der Waals surface area contributed by atoms with Gasteiger partial charge in [-0.25, -0.2) is 0 Å². The summed E-state index contributed by atoms with van der Waals surface area (Å²) in [6.45, 7) is 1.39. The van der Waals surface area contributed by atoms with Crippen molar-refractivity contribution < 1.29 is 28.9 Å². The average Bonchev–Trinajstić information content (AvgIpc) is 2.62. The van der Waals surface area contributed by atoms with Gasteiger partial charge in [0.05, 0.1) is 26.1 Å². The van der Waals surface area contributed by atoms with Crippen molar-refractivity contribution in [2.75, 3.05) is 13.7 Å². The Morgan fingerprint density at radius 1 is 1.28 bits per heavy atom. The van der Waals surface area contributed by atoms with E-state index >= 15 is 0 Å². The summed E-state index contributed by atoms with van der Waals surface area (Å²) in [4.78, 5) is 23.9. The lowest BCUT2D eigenvalue weighted by Crippen LogP contribution is -2.15. The number of carbonyl (C=O) groups excluding carboxylic acids is 1. The van der Waals surface area contributed by atoms with Crippen molar-refractivity contribution in [1.29, 1.82) is 0 Å². The third-order valence-corrected chi connectivity index (χ3v) is 3.67. The number of benzene rings is 1. The minimum absolute atomic E-state index is 0.000158. The third kappa shape index (κ3) is 4.39. The molecule has 25 heavy (non-hydrogen) atoms. The third-order valence-electron chi connectivity index (χ3n) is 3.67. The second-order valence-corrected chi connectivity index (χ2v) is 5.28. The maximum atomic E-state index is 12.0. The van der Waals surface area contributed by atoms with E-state index in [4.69, 9.17) is 13.9 Å². The minimum Gasteiger partial charge on any atom is -0.502 e. The summed E-state index contributed by atoms with van der Waals surface area (Å²) >= 11 is 0. The molecule has 7 heteroatoms. The number of methoxy groups -OCH3 is 1. The van der Waals surface area contributed by atoms with Gasteiger partial charge in [0.1, 0.15) is 18.1 Å². The fourth-order valence-electron chi connectivity index (χ4n) is 2.45. The van der Waals surface area contributed by atoms with E-state index in [1.54, 1.807) is 31.2 Å². The van der Waals surface area contributed by atoms with Crippen LogP contribution in [-0.2, 0) is 16.1 Å². The highest BCUT2D eigenvalue weighted by Crippen LogP contribution is 2.34. The SMILES string of the molecule is CCOC(=O)C[C@H](c1ccc(OC)cc1)c1oc(CO)cc(=O)c1O. The van der Waals surface area contributed by atoms with Crippen molar-refractivity contribution in [2.45, 2.75) is 25.9 Å². The maximum Gasteiger partial charge on any atom is 0.306 e. The molecule has 0 bridgehead atoms. The second kappa shape index (κ2) is 8.34. The van der Waals surface area contributed by atoms with E-state index in [0.29, 0.717) is 11.3 Å². The summed E-state index contributed by atoms with van der Waals surface area (Å²) in [5.74, 6) is -1.31. The molecule has 0 saturated heterocycles. The predicted octanol–water partition coefficient (Wildman–Crippen LogP) is 1.93. The van der Waals surface area contributed by atoms with Crippen LogP contribution in [0.15, 0.2) is 39.5 Å². The van der Waals surface area contributed by atoms with E-state index in [9.17, 15) is 19.8 Å². The normalized spacial score (nSPS) is 11.8. The van der Waals surface area contributed by atoms with Crippen LogP contribution in [0.5, 0.6) is 11.5 Å². The average molecular weight is 348 g/mol. The lowest BCUT2D eigenvalue weighted by atomic mass is 9.92. The molecule has 0 unspecified atom stereocenters. The fourth-order valence-corrected chi connectivity index (χ4v) is 2.45. The number of hydrogen-bond donors (Lipinski definition) is 2. The Morgan fingerprint density at radius 3 is 2.52 bits per heavy atom. The molecule has 0 spiro atoms. The van der Waals surface area contributed by atoms with Gasteiger partial charge in [0, 0.05) is 6.07 Å². The van der Waals surface area contributed by atoms with Crippen molar-refractivity contribution in [2.24, 2.45) is 0 Å². The standard InChI is InChI=1S/C18H20O7/c1-3-24-16(21)9-14(11-4-6-12(23-2)7-5-11)18-17(22)15(20)8-13(10-19)25-18/h4-8,14,19,22H,3,9-10H2,1-2H3/t14-/m1/s1. The molecule has 0 fully saturated rings. The number of rotatable bonds is 7. The quantitative estimate of drug-likeness (QED) is 0.736. The Bertz CT molecular complexity index is 777. The molecule has 0 aliphatic heterocycles. The van der Waals surface area contributed by atoms with E-state index < -0.39 is 29.7 Å². The Balaban J connectivity index is 2.52. The molecule has 0 amide bonds. The van der Waals surface area contributed by atoms with Gasteiger partial charge in [-0.05, 0) is 24.6 Å². The number of aliphatic hydroxyl groups is 1. The molecule has 2 N–H and O–H groups in total. The highest BCUT2D eigenvalue weighted by Gasteiger charge is 2.26. The number of carbonyl (C=O) groups is 1. The van der Waals surface area contributed by atoms with Gasteiger partial charge < -0.3 is 24.1 Å². The van der Waals surface area contributed by atoms with Crippen LogP contribution in [0, 0.1) is 0 Å². The van der Waals surface area contributed by atoms with Gasteiger partial charge in [-0.15, -0.1) is 0 Å². The molecule has 2 rings (SSSR count). The van der Waals surface area contributed by atoms with Gasteiger partial charge in [0.2, 0.25) is 11.2 Å². The van der Waals surface area contributed by atoms with Crippen LogP contribution < -0.4 is 10.2 Å². The van der Waals surface area contributed by atoms with Crippen LogP contribution in [0.1, 0.15) is 36.3 Å². The van der Waals surface area contributed by atoms with Crippen LogP contribution in [0.3, 0.4) is 0 Å². The Hall–Kier alpha value is -2.80. The maximum absolute atomic E-state index is 12.0. The fraction of sp³-hybridized carbons (Fsp3) is 0.333. The van der Waals surface area contributed by atoms with Gasteiger partial charge in [0.15, 0.2) is 5.76 Å². The van der Waals surface area contributed by atoms with Gasteiger partial charge in [-0.3, -0.25) is 9.59 Å². The van der Waals surface area contributed by atoms with Crippen molar-refractivity contribution >= 4 is 5.97 Å². The van der Waals surface area contributed by atoms with E-state index in [-0.39, 0.29) is 24.5 Å². The monoisotopic (exact) mass is 348 g/mol. The molecule has 7 nitrogen and oxygen atoms in total. The second-order valence-electron chi connectivity index (χ2n) is 5.28. The van der Waals surface area contributed by atoms with Gasteiger partial charge in [0.25, 0.3) is 0 Å². The molecule has 1 aromatic carbocycles. The lowest BCUT2D eigenvalue weighted by molar-refractivity contribution is -0.143. The zero-order valence-corrected chi connectivity index (χ0v) is 14.0. The molecule has 1 heterocycles. The van der Waals surface area contributed by atoms with E-state index in [1.807, 2.05) is 0 Å². The van der Waals surface area contributed by atoms with Crippen LogP contribution in [0.2, 0.25) is 0 Å². The summed E-state index contributed by atoms with van der Waals surface area (Å²) in [6.07, 6.45) is -0.133. The summed E-state index contributed by atoms with van der Waals surface area (Å²) in [5.41, 5.74) is -0.0601. The molecule has 0 radical (unpaired) electrons. The minimum atomic E-state index is -0.746. The molecule has 134 valence electrons. The zero-order valence-electron chi connectivity index (χ0n) is 14.0. The highest BCUT2D eigenvalue weighted by atomic mass is 16.5. The smallest absolute Gasteiger partial charge is 0.306 e. The first-order chi connectivity index (χ1) is 12.0. The van der Waals surface area contributed by atoms with Crippen LogP contribution in [0.4, 0.5) is 0 Å². The molecule has 1 atom stereocenters. The Kier molecular flexibility index (Phi) is 6.19. The summed E-state index contributed by atoms with van der Waals surface area (Å²) in [7, 11) is 1.53. The number of aliphatic hydroxyl groups excluding tert-OH is 1. The van der Waals surface area contributed by atoms with Gasteiger partial charge >= 0.3 is 5.97 Å². The molecule has 0 saturated carbocycles. The Morgan fingerprint density at radius 2 is 1.96 bits per heavy atom. The lowest BCUT2D eigenvalue weighted by Gasteiger charge is -2.17. The molecule has 0 aliphatic rings. The summed E-state index contributed by atoms with van der Waals surface area (Å²) in [6, 6.07) is 7.80. The topological polar surface area (TPSA) is 106 Å². The van der Waals surface area contributed by atoms with Gasteiger partial charge in [-0.2, -0.15) is 0 Å². The first kappa shape index (κ1) is 18.5. The van der Waals surface area contributed by atoms with Crippen LogP contribution >= 0.6 is 0 Å². The predicted molar refractivity (Wildman–Crippen MR) is 88.7 cm³/mol. The van der Waals surface area contributed by atoms with E-state index in [0.717, 1.165) is 6.07 Å². The number of hydrogen-bond acceptors (Lipinski definition) is 7. The summed E-state index contributed by atoms with van der Waals surface area (Å²) < 4.78 is 15.5. The number of esters is 1.